The van der Waals surface area contributed by atoms with E-state index in [1.54, 1.807) is 26.2 Å². The van der Waals surface area contributed by atoms with E-state index in [0.717, 1.165) is 19.3 Å². The van der Waals surface area contributed by atoms with E-state index >= 15 is 0 Å². The van der Waals surface area contributed by atoms with Gasteiger partial charge >= 0.3 is 0 Å². The molecule has 0 unspecified atom stereocenters. The molecule has 0 radical (unpaired) electrons. The third kappa shape index (κ3) is 3.50. The molecule has 1 aromatic rings. The molecule has 5 nitrogen and oxygen atoms in total. The van der Waals surface area contributed by atoms with Crippen LogP contribution in [0.1, 0.15) is 24.8 Å². The van der Waals surface area contributed by atoms with Gasteiger partial charge in [0.15, 0.2) is 0 Å². The minimum atomic E-state index is -3.50. The molecule has 0 aromatic heterocycles. The number of sulfonamides is 1. The number of anilines is 1. The van der Waals surface area contributed by atoms with Crippen molar-refractivity contribution in [2.24, 2.45) is 5.41 Å². The molecule has 0 bridgehead atoms. The summed E-state index contributed by atoms with van der Waals surface area (Å²) in [7, 11) is -1.84. The molecule has 0 atom stereocenters. The molecular formula is C14H22N2O3S. The van der Waals surface area contributed by atoms with Crippen molar-refractivity contribution in [2.75, 3.05) is 26.0 Å². The Morgan fingerprint density at radius 3 is 2.70 bits per heavy atom. The number of aryl methyl sites for hydroxylation is 1. The highest BCUT2D eigenvalue weighted by Gasteiger charge is 2.42. The maximum Gasteiger partial charge on any atom is 0.240 e. The van der Waals surface area contributed by atoms with Crippen LogP contribution >= 0.6 is 0 Å². The van der Waals surface area contributed by atoms with Crippen LogP contribution in [0, 0.1) is 12.3 Å². The minimum Gasteiger partial charge on any atom is -0.399 e. The van der Waals surface area contributed by atoms with Crippen molar-refractivity contribution in [3.8, 4) is 0 Å². The Balaban J connectivity index is 2.06. The van der Waals surface area contributed by atoms with Crippen molar-refractivity contribution in [3.63, 3.8) is 0 Å². The quantitative estimate of drug-likeness (QED) is 0.750. The molecule has 2 rings (SSSR count). The molecule has 0 heterocycles. The van der Waals surface area contributed by atoms with Crippen LogP contribution in [0.2, 0.25) is 0 Å². The number of benzene rings is 1. The summed E-state index contributed by atoms with van der Waals surface area (Å²) in [5.74, 6) is 0. The average molecular weight is 298 g/mol. The van der Waals surface area contributed by atoms with Crippen LogP contribution in [-0.4, -0.2) is 28.7 Å². The maximum absolute atomic E-state index is 12.4. The molecule has 112 valence electrons. The van der Waals surface area contributed by atoms with Crippen molar-refractivity contribution in [1.82, 2.24) is 4.72 Å². The zero-order valence-electron chi connectivity index (χ0n) is 12.0. The van der Waals surface area contributed by atoms with Crippen LogP contribution in [0.3, 0.4) is 0 Å². The Bertz CT molecular complexity index is 580. The molecule has 1 fully saturated rings. The lowest BCUT2D eigenvalue weighted by atomic mass is 10.0. The summed E-state index contributed by atoms with van der Waals surface area (Å²) in [5, 5.41) is 0. The van der Waals surface area contributed by atoms with E-state index in [9.17, 15) is 8.42 Å². The first kappa shape index (κ1) is 15.3. The lowest BCUT2D eigenvalue weighted by Crippen LogP contribution is -2.31. The third-order valence-corrected chi connectivity index (χ3v) is 5.48. The monoisotopic (exact) mass is 298 g/mol. The van der Waals surface area contributed by atoms with Gasteiger partial charge in [-0.15, -0.1) is 0 Å². The summed E-state index contributed by atoms with van der Waals surface area (Å²) in [4.78, 5) is 0.264. The largest absolute Gasteiger partial charge is 0.399 e. The van der Waals surface area contributed by atoms with Gasteiger partial charge in [0.1, 0.15) is 0 Å². The lowest BCUT2D eigenvalue weighted by Gasteiger charge is -2.16. The lowest BCUT2D eigenvalue weighted by molar-refractivity contribution is 0.173. The molecule has 6 heteroatoms. The van der Waals surface area contributed by atoms with Crippen molar-refractivity contribution < 1.29 is 13.2 Å². The predicted octanol–water partition coefficient (Wildman–Crippen LogP) is 1.67. The Kier molecular flexibility index (Phi) is 4.36. The second-order valence-electron chi connectivity index (χ2n) is 5.59. The fourth-order valence-electron chi connectivity index (χ4n) is 2.24. The van der Waals surface area contributed by atoms with Crippen LogP contribution in [0.25, 0.3) is 0 Å². The standard InChI is InChI=1S/C14H22N2O3S/c1-11-3-4-12(15)9-13(11)20(17,18)16-10-14(5-6-14)7-8-19-2/h3-4,9,16H,5-8,10,15H2,1-2H3. The number of hydrogen-bond donors (Lipinski definition) is 2. The molecule has 0 spiro atoms. The Morgan fingerprint density at radius 2 is 2.10 bits per heavy atom. The summed E-state index contributed by atoms with van der Waals surface area (Å²) >= 11 is 0. The minimum absolute atomic E-state index is 0.0807. The molecule has 1 saturated carbocycles. The Labute approximate surface area is 120 Å². The molecule has 1 aromatic carbocycles. The van der Waals surface area contributed by atoms with Crippen molar-refractivity contribution in [1.29, 1.82) is 0 Å². The summed E-state index contributed by atoms with van der Waals surface area (Å²) in [6, 6.07) is 4.93. The number of ether oxygens (including phenoxy) is 1. The van der Waals surface area contributed by atoms with Gasteiger partial charge in [-0.1, -0.05) is 6.07 Å². The number of rotatable bonds is 7. The highest BCUT2D eigenvalue weighted by molar-refractivity contribution is 7.89. The molecule has 20 heavy (non-hydrogen) atoms. The van der Waals surface area contributed by atoms with Crippen LogP contribution < -0.4 is 10.5 Å². The average Bonchev–Trinajstić information content (AvgIpc) is 3.18. The van der Waals surface area contributed by atoms with Gasteiger partial charge in [-0.05, 0) is 49.3 Å². The second-order valence-corrected chi connectivity index (χ2v) is 7.33. The van der Waals surface area contributed by atoms with Crippen LogP contribution in [-0.2, 0) is 14.8 Å². The fraction of sp³-hybridized carbons (Fsp3) is 0.571. The SMILES string of the molecule is COCCC1(CNS(=O)(=O)c2cc(N)ccc2C)CC1. The summed E-state index contributed by atoms with van der Waals surface area (Å²) in [6.45, 7) is 2.90. The molecular weight excluding hydrogens is 276 g/mol. The van der Waals surface area contributed by atoms with Gasteiger partial charge < -0.3 is 10.5 Å². The smallest absolute Gasteiger partial charge is 0.240 e. The van der Waals surface area contributed by atoms with Crippen LogP contribution in [0.4, 0.5) is 5.69 Å². The number of nitrogens with one attached hydrogen (secondary N) is 1. The van der Waals surface area contributed by atoms with Gasteiger partial charge in [0.25, 0.3) is 0 Å². The molecule has 0 aliphatic heterocycles. The second kappa shape index (κ2) is 5.71. The number of nitrogen functional groups attached to an aromatic ring is 1. The van der Waals surface area contributed by atoms with E-state index in [1.807, 2.05) is 0 Å². The Morgan fingerprint density at radius 1 is 1.40 bits per heavy atom. The summed E-state index contributed by atoms with van der Waals surface area (Å²) < 4.78 is 32.5. The molecule has 3 N–H and O–H groups in total. The van der Waals surface area contributed by atoms with Gasteiger partial charge in [0.05, 0.1) is 4.90 Å². The van der Waals surface area contributed by atoms with E-state index in [1.165, 1.54) is 6.07 Å². The van der Waals surface area contributed by atoms with Crippen molar-refractivity contribution in [2.45, 2.75) is 31.1 Å². The number of methoxy groups -OCH3 is 1. The first-order valence-corrected chi connectivity index (χ1v) is 8.22. The molecule has 0 saturated heterocycles. The van der Waals surface area contributed by atoms with Gasteiger partial charge in [-0.2, -0.15) is 0 Å². The molecule has 1 aliphatic carbocycles. The first-order chi connectivity index (χ1) is 9.38. The van der Waals surface area contributed by atoms with Crippen molar-refractivity contribution >= 4 is 15.7 Å². The zero-order valence-corrected chi connectivity index (χ0v) is 12.8. The maximum atomic E-state index is 12.4. The van der Waals surface area contributed by atoms with E-state index < -0.39 is 10.0 Å². The molecule has 0 amide bonds. The van der Waals surface area contributed by atoms with Gasteiger partial charge in [0.2, 0.25) is 10.0 Å². The summed E-state index contributed by atoms with van der Waals surface area (Å²) in [6.07, 6.45) is 2.99. The highest BCUT2D eigenvalue weighted by Crippen LogP contribution is 2.48. The van der Waals surface area contributed by atoms with E-state index in [4.69, 9.17) is 10.5 Å². The van der Waals surface area contributed by atoms with Gasteiger partial charge in [-0.3, -0.25) is 0 Å². The van der Waals surface area contributed by atoms with Crippen LogP contribution in [0.15, 0.2) is 23.1 Å². The van der Waals surface area contributed by atoms with E-state index in [0.29, 0.717) is 24.4 Å². The third-order valence-electron chi connectivity index (χ3n) is 3.93. The number of nitrogens with two attached hydrogens (primary N) is 1. The van der Waals surface area contributed by atoms with Crippen LogP contribution in [0.5, 0.6) is 0 Å². The fourth-order valence-corrected chi connectivity index (χ4v) is 3.68. The Hall–Kier alpha value is -1.11. The predicted molar refractivity (Wildman–Crippen MR) is 78.9 cm³/mol. The first-order valence-electron chi connectivity index (χ1n) is 6.73. The number of hydrogen-bond acceptors (Lipinski definition) is 4. The highest BCUT2D eigenvalue weighted by atomic mass is 32.2. The van der Waals surface area contributed by atoms with E-state index in [2.05, 4.69) is 4.72 Å². The van der Waals surface area contributed by atoms with E-state index in [-0.39, 0.29) is 10.3 Å². The van der Waals surface area contributed by atoms with Gasteiger partial charge in [-0.25, -0.2) is 13.1 Å². The normalized spacial score (nSPS) is 17.1. The van der Waals surface area contributed by atoms with Gasteiger partial charge in [0, 0.05) is 25.9 Å². The summed E-state index contributed by atoms with van der Waals surface area (Å²) in [5.41, 5.74) is 6.91. The van der Waals surface area contributed by atoms with Crippen molar-refractivity contribution in [3.05, 3.63) is 23.8 Å². The molecule has 1 aliphatic rings. The topological polar surface area (TPSA) is 81.4 Å². The zero-order chi connectivity index (χ0) is 14.8.